The van der Waals surface area contributed by atoms with Crippen LogP contribution in [0.2, 0.25) is 0 Å². The topological polar surface area (TPSA) is 63.1 Å². The van der Waals surface area contributed by atoms with Gasteiger partial charge in [-0.2, -0.15) is 0 Å². The quantitative estimate of drug-likeness (QED) is 0.700. The Bertz CT molecular complexity index is 958. The number of allylic oxidation sites excluding steroid dienone is 4. The number of carbonyl (C=O) groups is 1. The molecule has 142 valence electrons. The minimum Gasteiger partial charge on any atom is -0.348 e. The summed E-state index contributed by atoms with van der Waals surface area (Å²) in [6.07, 6.45) is 9.35. The summed E-state index contributed by atoms with van der Waals surface area (Å²) < 4.78 is 15.5. The lowest BCUT2D eigenvalue weighted by atomic mass is 10.1. The van der Waals surface area contributed by atoms with Crippen molar-refractivity contribution in [2.45, 2.75) is 20.3 Å². The second-order valence-electron chi connectivity index (χ2n) is 6.10. The Hall–Kier alpha value is -3.15. The average molecular weight is 369 g/mol. The molecular weight excluding hydrogens is 345 g/mol. The first kappa shape index (κ1) is 20.2. The van der Waals surface area contributed by atoms with Gasteiger partial charge in [-0.25, -0.2) is 9.07 Å². The van der Waals surface area contributed by atoms with E-state index in [9.17, 15) is 14.0 Å². The number of halogens is 1. The highest BCUT2D eigenvalue weighted by molar-refractivity contribution is 6.06. The summed E-state index contributed by atoms with van der Waals surface area (Å²) in [6, 6.07) is 4.28. The van der Waals surface area contributed by atoms with E-state index < -0.39 is 11.4 Å². The first-order valence-corrected chi connectivity index (χ1v) is 8.80. The van der Waals surface area contributed by atoms with Crippen molar-refractivity contribution in [3.8, 4) is 0 Å². The number of pyridine rings is 1. The van der Waals surface area contributed by atoms with Crippen molar-refractivity contribution in [1.29, 1.82) is 0 Å². The largest absolute Gasteiger partial charge is 0.348 e. The SMILES string of the molecule is C=CC=CC=C(C)CNC(=O)c1cn(NCCC)c(=O)c2c(F)cccc12. The Labute approximate surface area is 157 Å². The van der Waals surface area contributed by atoms with Crippen LogP contribution in [-0.2, 0) is 0 Å². The maximum absolute atomic E-state index is 14.3. The zero-order chi connectivity index (χ0) is 19.8. The summed E-state index contributed by atoms with van der Waals surface area (Å²) >= 11 is 0. The van der Waals surface area contributed by atoms with Gasteiger partial charge in [0.15, 0.2) is 0 Å². The lowest BCUT2D eigenvalue weighted by molar-refractivity contribution is 0.0958. The van der Waals surface area contributed by atoms with Gasteiger partial charge in [0.05, 0.1) is 10.9 Å². The fraction of sp³-hybridized carbons (Fsp3) is 0.238. The van der Waals surface area contributed by atoms with Crippen LogP contribution in [0.15, 0.2) is 65.6 Å². The van der Waals surface area contributed by atoms with Crippen LogP contribution in [0.5, 0.6) is 0 Å². The van der Waals surface area contributed by atoms with Gasteiger partial charge in [-0.05, 0) is 19.4 Å². The monoisotopic (exact) mass is 369 g/mol. The third-order valence-electron chi connectivity index (χ3n) is 3.93. The Kier molecular flexibility index (Phi) is 7.11. The lowest BCUT2D eigenvalue weighted by Gasteiger charge is -2.14. The van der Waals surface area contributed by atoms with Crippen LogP contribution in [0.1, 0.15) is 30.6 Å². The van der Waals surface area contributed by atoms with E-state index in [2.05, 4.69) is 17.3 Å². The Morgan fingerprint density at radius 3 is 2.81 bits per heavy atom. The molecule has 2 rings (SSSR count). The molecule has 0 spiro atoms. The molecule has 5 nitrogen and oxygen atoms in total. The molecule has 0 saturated heterocycles. The molecule has 1 heterocycles. The molecule has 27 heavy (non-hydrogen) atoms. The first-order valence-electron chi connectivity index (χ1n) is 8.80. The summed E-state index contributed by atoms with van der Waals surface area (Å²) in [5, 5.41) is 3.00. The number of benzene rings is 1. The van der Waals surface area contributed by atoms with Gasteiger partial charge in [-0.1, -0.05) is 55.5 Å². The molecular formula is C21H24FN3O2. The molecule has 1 amide bonds. The van der Waals surface area contributed by atoms with Crippen molar-refractivity contribution in [3.05, 3.63) is 82.6 Å². The highest BCUT2D eigenvalue weighted by Crippen LogP contribution is 2.18. The molecule has 0 aliphatic rings. The van der Waals surface area contributed by atoms with Crippen molar-refractivity contribution in [2.24, 2.45) is 0 Å². The van der Waals surface area contributed by atoms with Gasteiger partial charge in [-0.15, -0.1) is 0 Å². The van der Waals surface area contributed by atoms with Crippen molar-refractivity contribution >= 4 is 16.7 Å². The molecule has 0 saturated carbocycles. The minimum absolute atomic E-state index is 0.102. The maximum atomic E-state index is 14.3. The molecule has 0 fully saturated rings. The molecule has 0 radical (unpaired) electrons. The minimum atomic E-state index is -0.648. The molecule has 6 heteroatoms. The van der Waals surface area contributed by atoms with E-state index in [4.69, 9.17) is 0 Å². The Morgan fingerprint density at radius 1 is 1.33 bits per heavy atom. The molecule has 0 aliphatic carbocycles. The standard InChI is InChI=1S/C21H24FN3O2/c1-4-6-7-9-15(3)13-23-20(26)17-14-25(24-12-5-2)21(27)19-16(17)10-8-11-18(19)22/h4,6-11,14,24H,1,5,12-13H2,2-3H3,(H,23,26). The van der Waals surface area contributed by atoms with E-state index in [1.165, 1.54) is 23.0 Å². The second kappa shape index (κ2) is 9.52. The fourth-order valence-corrected chi connectivity index (χ4v) is 2.55. The molecule has 2 aromatic rings. The van der Waals surface area contributed by atoms with Crippen LogP contribution in [0, 0.1) is 5.82 Å². The van der Waals surface area contributed by atoms with Gasteiger partial charge in [0.25, 0.3) is 11.5 Å². The first-order chi connectivity index (χ1) is 13.0. The van der Waals surface area contributed by atoms with E-state index in [-0.39, 0.29) is 16.9 Å². The molecule has 1 aromatic heterocycles. The van der Waals surface area contributed by atoms with Crippen molar-refractivity contribution in [1.82, 2.24) is 9.99 Å². The van der Waals surface area contributed by atoms with Crippen LogP contribution in [0.4, 0.5) is 4.39 Å². The van der Waals surface area contributed by atoms with Crippen molar-refractivity contribution < 1.29 is 9.18 Å². The number of aromatic nitrogens is 1. The van der Waals surface area contributed by atoms with Crippen LogP contribution in [0.25, 0.3) is 10.8 Å². The zero-order valence-corrected chi connectivity index (χ0v) is 15.6. The van der Waals surface area contributed by atoms with Gasteiger partial charge in [0.1, 0.15) is 5.82 Å². The normalized spacial score (nSPS) is 11.7. The number of carbonyl (C=O) groups excluding carboxylic acids is 1. The molecule has 0 atom stereocenters. The Morgan fingerprint density at radius 2 is 2.11 bits per heavy atom. The van der Waals surface area contributed by atoms with E-state index >= 15 is 0 Å². The van der Waals surface area contributed by atoms with E-state index in [0.29, 0.717) is 18.5 Å². The van der Waals surface area contributed by atoms with Gasteiger partial charge in [0, 0.05) is 24.7 Å². The van der Waals surface area contributed by atoms with Crippen LogP contribution < -0.4 is 16.3 Å². The predicted molar refractivity (Wildman–Crippen MR) is 108 cm³/mol. The van der Waals surface area contributed by atoms with Gasteiger partial charge >= 0.3 is 0 Å². The molecule has 0 aliphatic heterocycles. The molecule has 0 bridgehead atoms. The van der Waals surface area contributed by atoms with Gasteiger partial charge < -0.3 is 10.7 Å². The smallest absolute Gasteiger partial charge is 0.279 e. The molecule has 0 unspecified atom stereocenters. The van der Waals surface area contributed by atoms with Crippen molar-refractivity contribution in [3.63, 3.8) is 0 Å². The average Bonchev–Trinajstić information content (AvgIpc) is 2.66. The third-order valence-corrected chi connectivity index (χ3v) is 3.93. The number of hydrogen-bond acceptors (Lipinski definition) is 3. The van der Waals surface area contributed by atoms with Gasteiger partial charge in [-0.3, -0.25) is 9.59 Å². The van der Waals surface area contributed by atoms with Gasteiger partial charge in [0.2, 0.25) is 0 Å². The van der Waals surface area contributed by atoms with E-state index in [1.54, 1.807) is 18.2 Å². The number of nitrogens with zero attached hydrogens (tertiary/aromatic N) is 1. The number of amides is 1. The lowest BCUT2D eigenvalue weighted by Crippen LogP contribution is -2.33. The second-order valence-corrected chi connectivity index (χ2v) is 6.10. The summed E-state index contributed by atoms with van der Waals surface area (Å²) in [5.41, 5.74) is 3.57. The van der Waals surface area contributed by atoms with Crippen LogP contribution >= 0.6 is 0 Å². The molecule has 1 aromatic carbocycles. The summed E-state index contributed by atoms with van der Waals surface area (Å²) in [5.74, 6) is -1.03. The highest BCUT2D eigenvalue weighted by atomic mass is 19.1. The summed E-state index contributed by atoms with van der Waals surface area (Å²) in [7, 11) is 0. The number of fused-ring (bicyclic) bond motifs is 1. The highest BCUT2D eigenvalue weighted by Gasteiger charge is 2.17. The van der Waals surface area contributed by atoms with E-state index in [0.717, 1.165) is 12.0 Å². The third kappa shape index (κ3) is 4.94. The summed E-state index contributed by atoms with van der Waals surface area (Å²) in [6.45, 7) is 8.28. The van der Waals surface area contributed by atoms with Crippen LogP contribution in [-0.4, -0.2) is 23.7 Å². The fourth-order valence-electron chi connectivity index (χ4n) is 2.55. The Balaban J connectivity index is 2.40. The number of nitrogens with one attached hydrogen (secondary N) is 2. The van der Waals surface area contributed by atoms with E-state index in [1.807, 2.05) is 26.0 Å². The summed E-state index contributed by atoms with van der Waals surface area (Å²) in [4.78, 5) is 25.3. The zero-order valence-electron chi connectivity index (χ0n) is 15.6. The predicted octanol–water partition coefficient (Wildman–Crippen LogP) is 3.51. The van der Waals surface area contributed by atoms with Crippen LogP contribution in [0.3, 0.4) is 0 Å². The van der Waals surface area contributed by atoms with Crippen molar-refractivity contribution in [2.75, 3.05) is 18.5 Å². The number of hydrogen-bond donors (Lipinski definition) is 2. The molecule has 2 N–H and O–H groups in total. The number of rotatable bonds is 8. The maximum Gasteiger partial charge on any atom is 0.279 e.